The Morgan fingerprint density at radius 1 is 0.756 bits per heavy atom. The lowest BCUT2D eigenvalue weighted by molar-refractivity contribution is -0.114. The van der Waals surface area contributed by atoms with Crippen LogP contribution in [-0.4, -0.2) is 34.6 Å². The minimum atomic E-state index is -1.04. The first-order chi connectivity index (χ1) is 19.8. The van der Waals surface area contributed by atoms with Gasteiger partial charge < -0.3 is 21.1 Å². The molecule has 4 rings (SSSR count). The molecule has 4 aromatic rings. The Hall–Kier alpha value is -4.86. The predicted molar refractivity (Wildman–Crippen MR) is 161 cm³/mol. The zero-order chi connectivity index (χ0) is 29.2. The van der Waals surface area contributed by atoms with Crippen LogP contribution in [-0.2, 0) is 9.59 Å². The van der Waals surface area contributed by atoms with Gasteiger partial charge in [-0.15, -0.1) is 11.8 Å². The molecule has 10 heteroatoms. The van der Waals surface area contributed by atoms with E-state index in [1.54, 1.807) is 84.9 Å². The van der Waals surface area contributed by atoms with Crippen molar-refractivity contribution in [3.8, 4) is 0 Å². The fourth-order valence-corrected chi connectivity index (χ4v) is 4.48. The van der Waals surface area contributed by atoms with Gasteiger partial charge in [-0.25, -0.2) is 4.79 Å². The number of thioether (sulfide) groups is 1. The molecular formula is C31H24ClN3O5S. The van der Waals surface area contributed by atoms with E-state index in [2.05, 4.69) is 16.0 Å². The second-order valence-electron chi connectivity index (χ2n) is 8.63. The lowest BCUT2D eigenvalue weighted by Crippen LogP contribution is -2.30. The first-order valence-electron chi connectivity index (χ1n) is 12.3. The molecule has 8 nitrogen and oxygen atoms in total. The molecule has 0 atom stereocenters. The molecule has 0 aliphatic carbocycles. The largest absolute Gasteiger partial charge is 0.478 e. The van der Waals surface area contributed by atoms with E-state index in [-0.39, 0.29) is 22.9 Å². The summed E-state index contributed by atoms with van der Waals surface area (Å²) in [7, 11) is 0. The maximum atomic E-state index is 13.2. The number of anilines is 2. The van der Waals surface area contributed by atoms with E-state index in [0.717, 1.165) is 4.90 Å². The van der Waals surface area contributed by atoms with E-state index in [1.165, 1.54) is 36.0 Å². The molecule has 0 heterocycles. The average molecular weight is 586 g/mol. The molecule has 0 bridgehead atoms. The molecule has 0 fully saturated rings. The van der Waals surface area contributed by atoms with Gasteiger partial charge in [-0.3, -0.25) is 14.4 Å². The number of benzene rings is 4. The van der Waals surface area contributed by atoms with E-state index in [9.17, 15) is 19.2 Å². The monoisotopic (exact) mass is 585 g/mol. The first-order valence-corrected chi connectivity index (χ1v) is 13.6. The zero-order valence-corrected chi connectivity index (χ0v) is 23.0. The van der Waals surface area contributed by atoms with Crippen LogP contribution < -0.4 is 16.0 Å². The number of hydrogen-bond donors (Lipinski definition) is 4. The number of carboxylic acid groups (broad SMARTS) is 1. The van der Waals surface area contributed by atoms with Gasteiger partial charge >= 0.3 is 5.97 Å². The van der Waals surface area contributed by atoms with Crippen LogP contribution in [0.25, 0.3) is 6.08 Å². The van der Waals surface area contributed by atoms with E-state index in [4.69, 9.17) is 16.7 Å². The van der Waals surface area contributed by atoms with Gasteiger partial charge in [0.2, 0.25) is 5.91 Å². The van der Waals surface area contributed by atoms with Crippen molar-refractivity contribution in [1.82, 2.24) is 5.32 Å². The third-order valence-electron chi connectivity index (χ3n) is 5.59. The van der Waals surface area contributed by atoms with Gasteiger partial charge in [0, 0.05) is 26.9 Å². The molecule has 4 N–H and O–H groups in total. The van der Waals surface area contributed by atoms with E-state index < -0.39 is 17.8 Å². The predicted octanol–water partition coefficient (Wildman–Crippen LogP) is 6.18. The molecule has 0 aliphatic rings. The standard InChI is InChI=1S/C31H24ClN3O5S/c32-23-8-4-5-20(17-23)18-27(35-29(37)21-6-2-1-3-7-21)30(38)34-25-13-15-26(16-14-25)41-19-28(36)33-24-11-9-22(10-12-24)31(39)40/h1-18H,19H2,(H,33,36)(H,34,38)(H,35,37)(H,39,40)/b27-18-. The molecule has 206 valence electrons. The van der Waals surface area contributed by atoms with Crippen molar-refractivity contribution >= 4 is 64.5 Å². The number of carboxylic acids is 1. The van der Waals surface area contributed by atoms with Crippen molar-refractivity contribution < 1.29 is 24.3 Å². The topological polar surface area (TPSA) is 125 Å². The minimum Gasteiger partial charge on any atom is -0.478 e. The summed E-state index contributed by atoms with van der Waals surface area (Å²) in [4.78, 5) is 50.0. The third-order valence-corrected chi connectivity index (χ3v) is 6.83. The summed E-state index contributed by atoms with van der Waals surface area (Å²) < 4.78 is 0. The molecular weight excluding hydrogens is 562 g/mol. The van der Waals surface area contributed by atoms with Crippen LogP contribution in [0.3, 0.4) is 0 Å². The van der Waals surface area contributed by atoms with Crippen LogP contribution in [0.1, 0.15) is 26.3 Å². The highest BCUT2D eigenvalue weighted by molar-refractivity contribution is 8.00. The fourth-order valence-electron chi connectivity index (χ4n) is 3.58. The van der Waals surface area contributed by atoms with Gasteiger partial charge in [-0.05, 0) is 84.4 Å². The normalized spacial score (nSPS) is 10.9. The molecule has 0 saturated carbocycles. The van der Waals surface area contributed by atoms with Crippen LogP contribution in [0.4, 0.5) is 11.4 Å². The zero-order valence-electron chi connectivity index (χ0n) is 21.5. The van der Waals surface area contributed by atoms with E-state index in [0.29, 0.717) is 27.5 Å². The SMILES string of the molecule is O=C(CSc1ccc(NC(=O)/C(=C/c2cccc(Cl)c2)NC(=O)c2ccccc2)cc1)Nc1ccc(C(=O)O)cc1. The van der Waals surface area contributed by atoms with Crippen molar-refractivity contribution in [2.24, 2.45) is 0 Å². The summed E-state index contributed by atoms with van der Waals surface area (Å²) in [5, 5.41) is 17.7. The Morgan fingerprint density at radius 3 is 2.07 bits per heavy atom. The van der Waals surface area contributed by atoms with Crippen molar-refractivity contribution in [2.75, 3.05) is 16.4 Å². The Balaban J connectivity index is 1.38. The van der Waals surface area contributed by atoms with Crippen LogP contribution in [0, 0.1) is 0 Å². The summed E-state index contributed by atoms with van der Waals surface area (Å²) in [6, 6.07) is 28.3. The minimum absolute atomic E-state index is 0.0348. The lowest BCUT2D eigenvalue weighted by Gasteiger charge is -2.12. The van der Waals surface area contributed by atoms with Gasteiger partial charge in [0.25, 0.3) is 11.8 Å². The summed E-state index contributed by atoms with van der Waals surface area (Å²) in [5.74, 6) is -2.12. The third kappa shape index (κ3) is 8.82. The number of halogens is 1. The Kier molecular flexibility index (Phi) is 9.93. The fraction of sp³-hybridized carbons (Fsp3) is 0.0323. The second kappa shape index (κ2) is 14.0. The summed E-state index contributed by atoms with van der Waals surface area (Å²) in [6.45, 7) is 0. The average Bonchev–Trinajstić information content (AvgIpc) is 2.97. The summed E-state index contributed by atoms with van der Waals surface area (Å²) in [5.41, 5.74) is 2.20. The van der Waals surface area contributed by atoms with E-state index >= 15 is 0 Å². The molecule has 0 spiro atoms. The maximum Gasteiger partial charge on any atom is 0.335 e. The van der Waals surface area contributed by atoms with Gasteiger partial charge in [-0.1, -0.05) is 41.9 Å². The van der Waals surface area contributed by atoms with Gasteiger partial charge in [0.15, 0.2) is 0 Å². The maximum absolute atomic E-state index is 13.2. The summed E-state index contributed by atoms with van der Waals surface area (Å²) in [6.07, 6.45) is 1.54. The molecule has 3 amide bonds. The number of nitrogens with one attached hydrogen (secondary N) is 3. The van der Waals surface area contributed by atoms with Gasteiger partial charge in [0.05, 0.1) is 11.3 Å². The highest BCUT2D eigenvalue weighted by Crippen LogP contribution is 2.22. The van der Waals surface area contributed by atoms with Crippen molar-refractivity contribution in [3.63, 3.8) is 0 Å². The van der Waals surface area contributed by atoms with Crippen molar-refractivity contribution in [1.29, 1.82) is 0 Å². The molecule has 0 aromatic heterocycles. The van der Waals surface area contributed by atoms with Crippen molar-refractivity contribution in [3.05, 3.63) is 131 Å². The molecule has 0 aliphatic heterocycles. The second-order valence-corrected chi connectivity index (χ2v) is 10.1. The van der Waals surface area contributed by atoms with Crippen LogP contribution >= 0.6 is 23.4 Å². The lowest BCUT2D eigenvalue weighted by atomic mass is 10.1. The number of carbonyl (C=O) groups excluding carboxylic acids is 3. The number of carbonyl (C=O) groups is 4. The number of aromatic carboxylic acids is 1. The molecule has 0 unspecified atom stereocenters. The molecule has 4 aromatic carbocycles. The quantitative estimate of drug-likeness (QED) is 0.130. The Labute approximate surface area is 245 Å². The Morgan fingerprint density at radius 2 is 1.41 bits per heavy atom. The molecule has 41 heavy (non-hydrogen) atoms. The first kappa shape index (κ1) is 29.1. The highest BCUT2D eigenvalue weighted by atomic mass is 35.5. The number of hydrogen-bond acceptors (Lipinski definition) is 5. The van der Waals surface area contributed by atoms with Crippen molar-refractivity contribution in [2.45, 2.75) is 4.90 Å². The van der Waals surface area contributed by atoms with Crippen LogP contribution in [0.5, 0.6) is 0 Å². The highest BCUT2D eigenvalue weighted by Gasteiger charge is 2.15. The van der Waals surface area contributed by atoms with Gasteiger partial charge in [0.1, 0.15) is 5.70 Å². The molecule has 0 saturated heterocycles. The van der Waals surface area contributed by atoms with Crippen LogP contribution in [0.2, 0.25) is 5.02 Å². The van der Waals surface area contributed by atoms with Gasteiger partial charge in [-0.2, -0.15) is 0 Å². The number of amides is 3. The smallest absolute Gasteiger partial charge is 0.335 e. The number of rotatable bonds is 10. The Bertz CT molecular complexity index is 1590. The van der Waals surface area contributed by atoms with E-state index in [1.807, 2.05) is 0 Å². The van der Waals surface area contributed by atoms with Crippen LogP contribution in [0.15, 0.2) is 114 Å². The molecule has 0 radical (unpaired) electrons. The summed E-state index contributed by atoms with van der Waals surface area (Å²) >= 11 is 7.39.